The van der Waals surface area contributed by atoms with Crippen molar-refractivity contribution in [3.05, 3.63) is 59.1 Å². The van der Waals surface area contributed by atoms with E-state index in [-0.39, 0.29) is 18.6 Å². The molecule has 0 saturated carbocycles. The lowest BCUT2D eigenvalue weighted by molar-refractivity contribution is -0.135. The summed E-state index contributed by atoms with van der Waals surface area (Å²) in [4.78, 5) is 29.3. The maximum absolute atomic E-state index is 12.4. The number of carbonyl (C=O) groups excluding carboxylic acids is 2. The molecule has 25 heavy (non-hydrogen) atoms. The smallest absolute Gasteiger partial charge is 0.328 e. The molecule has 0 spiro atoms. The molecule has 2 N–H and O–H groups in total. The number of pyridine rings is 1. The molecule has 0 fully saturated rings. The van der Waals surface area contributed by atoms with Crippen LogP contribution in [0, 0.1) is 6.92 Å². The number of nitrogens with two attached hydrogens (primary N) is 1. The van der Waals surface area contributed by atoms with Gasteiger partial charge in [0.2, 0.25) is 0 Å². The van der Waals surface area contributed by atoms with Gasteiger partial charge in [0.25, 0.3) is 0 Å². The largest absolute Gasteiger partial charge is 0.425 e. The zero-order valence-corrected chi connectivity index (χ0v) is 14.6. The molecule has 0 radical (unpaired) electrons. The number of para-hydroxylation sites is 1. The number of benzene rings is 1. The number of aryl methyl sites for hydroxylation is 1. The molecule has 6 heteroatoms. The van der Waals surface area contributed by atoms with Crippen molar-refractivity contribution >= 4 is 33.3 Å². The molecule has 2 heterocycles. The molecule has 0 amide bonds. The number of carbonyl (C=O) groups is 2. The van der Waals surface area contributed by atoms with Crippen LogP contribution in [-0.2, 0) is 4.79 Å². The lowest BCUT2D eigenvalue weighted by atomic mass is 10.1. The van der Waals surface area contributed by atoms with Crippen molar-refractivity contribution in [3.63, 3.8) is 0 Å². The van der Waals surface area contributed by atoms with Crippen LogP contribution in [0.1, 0.15) is 28.1 Å². The van der Waals surface area contributed by atoms with Crippen LogP contribution in [0.25, 0.3) is 10.2 Å². The maximum atomic E-state index is 12.4. The van der Waals surface area contributed by atoms with Crippen molar-refractivity contribution in [3.8, 4) is 5.75 Å². The summed E-state index contributed by atoms with van der Waals surface area (Å²) in [6.45, 7) is 1.99. The number of ketones is 1. The number of esters is 1. The SMILES string of the molecule is Cc1ccnc2cc(C(=O)CC[C@@H](N)C(=O)Oc3ccccc3)sc12. The second-order valence-corrected chi connectivity index (χ2v) is 6.81. The van der Waals surface area contributed by atoms with E-state index in [9.17, 15) is 9.59 Å². The number of hydrogen-bond donors (Lipinski definition) is 1. The maximum Gasteiger partial charge on any atom is 0.328 e. The van der Waals surface area contributed by atoms with E-state index in [1.165, 1.54) is 11.3 Å². The first kappa shape index (κ1) is 17.3. The highest BCUT2D eigenvalue weighted by molar-refractivity contribution is 7.21. The van der Waals surface area contributed by atoms with Crippen molar-refractivity contribution in [2.45, 2.75) is 25.8 Å². The Morgan fingerprint density at radius 1 is 1.24 bits per heavy atom. The highest BCUT2D eigenvalue weighted by Gasteiger charge is 2.19. The Hall–Kier alpha value is -2.57. The highest BCUT2D eigenvalue weighted by atomic mass is 32.1. The fourth-order valence-electron chi connectivity index (χ4n) is 2.41. The monoisotopic (exact) mass is 354 g/mol. The summed E-state index contributed by atoms with van der Waals surface area (Å²) >= 11 is 1.43. The van der Waals surface area contributed by atoms with Gasteiger partial charge in [-0.1, -0.05) is 18.2 Å². The Balaban J connectivity index is 1.59. The number of ether oxygens (including phenoxy) is 1. The normalized spacial score (nSPS) is 12.1. The van der Waals surface area contributed by atoms with Crippen molar-refractivity contribution in [1.82, 2.24) is 4.98 Å². The molecule has 2 aromatic heterocycles. The Morgan fingerprint density at radius 2 is 2.00 bits per heavy atom. The summed E-state index contributed by atoms with van der Waals surface area (Å²) < 4.78 is 6.21. The molecular weight excluding hydrogens is 336 g/mol. The first-order valence-electron chi connectivity index (χ1n) is 7.95. The summed E-state index contributed by atoms with van der Waals surface area (Å²) in [7, 11) is 0. The minimum absolute atomic E-state index is 0.0367. The predicted molar refractivity (Wildman–Crippen MR) is 98.0 cm³/mol. The van der Waals surface area contributed by atoms with Crippen LogP contribution in [0.3, 0.4) is 0 Å². The number of thiophene rings is 1. The Kier molecular flexibility index (Phi) is 5.21. The Morgan fingerprint density at radius 3 is 2.72 bits per heavy atom. The molecule has 0 aliphatic carbocycles. The summed E-state index contributed by atoms with van der Waals surface area (Å²) in [6, 6.07) is 11.6. The third-order valence-electron chi connectivity index (χ3n) is 3.83. The van der Waals surface area contributed by atoms with Crippen molar-refractivity contribution in [1.29, 1.82) is 0 Å². The summed E-state index contributed by atoms with van der Waals surface area (Å²) in [5.41, 5.74) is 7.77. The minimum Gasteiger partial charge on any atom is -0.425 e. The van der Waals surface area contributed by atoms with E-state index in [1.54, 1.807) is 36.5 Å². The minimum atomic E-state index is -0.835. The van der Waals surface area contributed by atoms with E-state index >= 15 is 0 Å². The second-order valence-electron chi connectivity index (χ2n) is 5.76. The lowest BCUT2D eigenvalue weighted by Crippen LogP contribution is -2.34. The standard InChI is InChI=1S/C19H18N2O3S/c1-12-9-10-21-15-11-17(25-18(12)15)16(22)8-7-14(20)19(23)24-13-5-3-2-4-6-13/h2-6,9-11,14H,7-8,20H2,1H3/t14-/m1/s1. The van der Waals surface area contributed by atoms with Gasteiger partial charge in [-0.25, -0.2) is 4.79 Å². The average molecular weight is 354 g/mol. The molecule has 5 nitrogen and oxygen atoms in total. The number of aromatic nitrogens is 1. The van der Waals surface area contributed by atoms with Gasteiger partial charge in [-0.3, -0.25) is 9.78 Å². The predicted octanol–water partition coefficient (Wildman–Crippen LogP) is 3.50. The van der Waals surface area contributed by atoms with Crippen molar-refractivity contribution < 1.29 is 14.3 Å². The molecule has 0 aliphatic heterocycles. The number of fused-ring (bicyclic) bond motifs is 1. The molecular formula is C19H18N2O3S. The van der Waals surface area contributed by atoms with Gasteiger partial charge in [0.15, 0.2) is 5.78 Å². The van der Waals surface area contributed by atoms with Gasteiger partial charge in [0.05, 0.1) is 15.1 Å². The molecule has 0 saturated heterocycles. The Labute approximate surface area is 149 Å². The average Bonchev–Trinajstić information content (AvgIpc) is 3.06. The molecule has 128 valence electrons. The fourth-order valence-corrected chi connectivity index (χ4v) is 3.46. The first-order valence-corrected chi connectivity index (χ1v) is 8.77. The van der Waals surface area contributed by atoms with Gasteiger partial charge in [0.1, 0.15) is 11.8 Å². The van der Waals surface area contributed by atoms with Crippen LogP contribution < -0.4 is 10.5 Å². The van der Waals surface area contributed by atoms with E-state index in [4.69, 9.17) is 10.5 Å². The number of hydrogen-bond acceptors (Lipinski definition) is 6. The molecule has 3 rings (SSSR count). The third-order valence-corrected chi connectivity index (χ3v) is 5.13. The van der Waals surface area contributed by atoms with Crippen molar-refractivity contribution in [2.24, 2.45) is 5.73 Å². The van der Waals surface area contributed by atoms with Gasteiger partial charge < -0.3 is 10.5 Å². The van der Waals surface area contributed by atoms with Gasteiger partial charge in [-0.15, -0.1) is 11.3 Å². The van der Waals surface area contributed by atoms with E-state index in [0.29, 0.717) is 10.6 Å². The third kappa shape index (κ3) is 4.10. The number of rotatable bonds is 6. The topological polar surface area (TPSA) is 82.3 Å². The molecule has 0 unspecified atom stereocenters. The fraction of sp³-hybridized carbons (Fsp3) is 0.211. The van der Waals surface area contributed by atoms with Crippen LogP contribution in [0.4, 0.5) is 0 Å². The first-order chi connectivity index (χ1) is 12.0. The van der Waals surface area contributed by atoms with Crippen molar-refractivity contribution in [2.75, 3.05) is 0 Å². The van der Waals surface area contributed by atoms with Crippen LogP contribution in [0.5, 0.6) is 5.75 Å². The second kappa shape index (κ2) is 7.55. The van der Waals surface area contributed by atoms with Crippen LogP contribution in [-0.4, -0.2) is 22.8 Å². The van der Waals surface area contributed by atoms with Gasteiger partial charge in [-0.05, 0) is 43.2 Å². The molecule has 3 aromatic rings. The van der Waals surface area contributed by atoms with E-state index in [1.807, 2.05) is 19.1 Å². The van der Waals surface area contributed by atoms with Crippen LogP contribution in [0.15, 0.2) is 48.7 Å². The number of nitrogens with zero attached hydrogens (tertiary/aromatic N) is 1. The van der Waals surface area contributed by atoms with Gasteiger partial charge in [0, 0.05) is 12.6 Å². The van der Waals surface area contributed by atoms with Crippen LogP contribution in [0.2, 0.25) is 0 Å². The quantitative estimate of drug-likeness (QED) is 0.416. The van der Waals surface area contributed by atoms with Crippen LogP contribution >= 0.6 is 11.3 Å². The molecule has 1 aromatic carbocycles. The summed E-state index contributed by atoms with van der Waals surface area (Å²) in [5.74, 6) is -0.126. The summed E-state index contributed by atoms with van der Waals surface area (Å²) in [6.07, 6.45) is 2.16. The Bertz CT molecular complexity index is 905. The molecule has 0 bridgehead atoms. The van der Waals surface area contributed by atoms with Gasteiger partial charge in [-0.2, -0.15) is 0 Å². The highest BCUT2D eigenvalue weighted by Crippen LogP contribution is 2.28. The van der Waals surface area contributed by atoms with E-state index in [2.05, 4.69) is 4.98 Å². The zero-order valence-electron chi connectivity index (χ0n) is 13.8. The van der Waals surface area contributed by atoms with E-state index in [0.717, 1.165) is 15.8 Å². The molecule has 1 atom stereocenters. The summed E-state index contributed by atoms with van der Waals surface area (Å²) in [5, 5.41) is 0. The molecule has 0 aliphatic rings. The lowest BCUT2D eigenvalue weighted by Gasteiger charge is -2.10. The van der Waals surface area contributed by atoms with Gasteiger partial charge >= 0.3 is 5.97 Å². The van der Waals surface area contributed by atoms with E-state index < -0.39 is 12.0 Å². The zero-order chi connectivity index (χ0) is 17.8. The number of Topliss-reactive ketones (excluding diaryl/α,β-unsaturated/α-hetero) is 1.